The van der Waals surface area contributed by atoms with E-state index in [0.29, 0.717) is 51.3 Å². The van der Waals surface area contributed by atoms with Crippen LogP contribution in [0.15, 0.2) is 23.7 Å². The van der Waals surface area contributed by atoms with E-state index in [-0.39, 0.29) is 17.6 Å². The highest BCUT2D eigenvalue weighted by Gasteiger charge is 2.34. The number of anilines is 1. The predicted molar refractivity (Wildman–Crippen MR) is 97.6 cm³/mol. The number of fused-ring (bicyclic) bond motifs is 1. The summed E-state index contributed by atoms with van der Waals surface area (Å²) in [5.41, 5.74) is 0.106. The molecule has 2 aliphatic heterocycles. The first kappa shape index (κ1) is 19.2. The molecule has 2 aliphatic rings. The SMILES string of the molecule is O=C(C1CCN(c2ncc(C(F)(F)F)cc2F)CC1)N1CCc2sccc2C1. The molecule has 0 N–H and O–H groups in total. The highest BCUT2D eigenvalue weighted by Crippen LogP contribution is 2.32. The smallest absolute Gasteiger partial charge is 0.354 e. The number of pyridine rings is 1. The molecule has 1 saturated heterocycles. The third-order valence-electron chi connectivity index (χ3n) is 5.41. The van der Waals surface area contributed by atoms with Gasteiger partial charge in [-0.2, -0.15) is 13.2 Å². The maximum Gasteiger partial charge on any atom is 0.417 e. The lowest BCUT2D eigenvalue weighted by Gasteiger charge is -2.36. The standard InChI is InChI=1S/C19H19F4N3OS/c20-15-9-14(19(21,22)23)10-24-17(15)25-5-1-12(2-6-25)18(27)26-7-3-16-13(11-26)4-8-28-16/h4,8-10,12H,1-3,5-7,11H2. The molecule has 4 nitrogen and oxygen atoms in total. The van der Waals surface area contributed by atoms with Crippen molar-refractivity contribution in [3.8, 4) is 0 Å². The van der Waals surface area contributed by atoms with Gasteiger partial charge in [0.15, 0.2) is 11.6 Å². The monoisotopic (exact) mass is 413 g/mol. The van der Waals surface area contributed by atoms with Crippen molar-refractivity contribution in [1.29, 1.82) is 0 Å². The lowest BCUT2D eigenvalue weighted by molar-refractivity contribution is -0.138. The largest absolute Gasteiger partial charge is 0.417 e. The number of carbonyl (C=O) groups excluding carboxylic acids is 1. The average molecular weight is 413 g/mol. The van der Waals surface area contributed by atoms with Gasteiger partial charge in [-0.1, -0.05) is 0 Å². The highest BCUT2D eigenvalue weighted by molar-refractivity contribution is 7.10. The Morgan fingerprint density at radius 3 is 2.64 bits per heavy atom. The molecule has 9 heteroatoms. The second kappa shape index (κ2) is 7.35. The number of halogens is 4. The number of rotatable bonds is 2. The zero-order chi connectivity index (χ0) is 19.9. The number of aromatic nitrogens is 1. The van der Waals surface area contributed by atoms with Crippen molar-refractivity contribution in [2.24, 2.45) is 5.92 Å². The summed E-state index contributed by atoms with van der Waals surface area (Å²) in [6.45, 7) is 2.13. The van der Waals surface area contributed by atoms with E-state index in [9.17, 15) is 22.4 Å². The molecular formula is C19H19F4N3OS. The summed E-state index contributed by atoms with van der Waals surface area (Å²) < 4.78 is 52.1. The minimum atomic E-state index is -4.62. The summed E-state index contributed by atoms with van der Waals surface area (Å²) in [5.74, 6) is -1.10. The topological polar surface area (TPSA) is 36.4 Å². The fourth-order valence-corrected chi connectivity index (χ4v) is 4.74. The Labute approximate surface area is 163 Å². The fourth-order valence-electron chi connectivity index (χ4n) is 3.85. The van der Waals surface area contributed by atoms with Gasteiger partial charge in [-0.05, 0) is 42.3 Å². The van der Waals surface area contributed by atoms with Gasteiger partial charge in [0, 0.05) is 43.2 Å². The van der Waals surface area contributed by atoms with Crippen LogP contribution in [0.1, 0.15) is 28.8 Å². The van der Waals surface area contributed by atoms with Crippen molar-refractivity contribution < 1.29 is 22.4 Å². The van der Waals surface area contributed by atoms with Gasteiger partial charge >= 0.3 is 6.18 Å². The highest BCUT2D eigenvalue weighted by atomic mass is 32.1. The molecule has 0 aliphatic carbocycles. The molecule has 28 heavy (non-hydrogen) atoms. The molecule has 0 saturated carbocycles. The maximum atomic E-state index is 14.1. The molecule has 0 atom stereocenters. The number of hydrogen-bond acceptors (Lipinski definition) is 4. The molecule has 1 amide bonds. The molecule has 0 unspecified atom stereocenters. The minimum Gasteiger partial charge on any atom is -0.354 e. The van der Waals surface area contributed by atoms with E-state index >= 15 is 0 Å². The van der Waals surface area contributed by atoms with Crippen LogP contribution in [0.3, 0.4) is 0 Å². The molecule has 150 valence electrons. The summed E-state index contributed by atoms with van der Waals surface area (Å²) in [5, 5.41) is 2.04. The van der Waals surface area contributed by atoms with Crippen LogP contribution >= 0.6 is 11.3 Å². The molecule has 1 fully saturated rings. The Morgan fingerprint density at radius 1 is 1.21 bits per heavy atom. The van der Waals surface area contributed by atoms with Gasteiger partial charge in [-0.3, -0.25) is 4.79 Å². The van der Waals surface area contributed by atoms with Gasteiger partial charge in [0.2, 0.25) is 5.91 Å². The number of amides is 1. The Balaban J connectivity index is 1.38. The van der Waals surface area contributed by atoms with Crippen molar-refractivity contribution in [1.82, 2.24) is 9.88 Å². The average Bonchev–Trinajstić information content (AvgIpc) is 3.14. The van der Waals surface area contributed by atoms with E-state index in [1.165, 1.54) is 10.4 Å². The summed E-state index contributed by atoms with van der Waals surface area (Å²) >= 11 is 1.72. The van der Waals surface area contributed by atoms with E-state index in [1.807, 2.05) is 10.3 Å². The van der Waals surface area contributed by atoms with Gasteiger partial charge in [0.05, 0.1) is 5.56 Å². The van der Waals surface area contributed by atoms with Crippen molar-refractivity contribution in [2.75, 3.05) is 24.5 Å². The van der Waals surface area contributed by atoms with Gasteiger partial charge in [0.1, 0.15) is 0 Å². The minimum absolute atomic E-state index is 0.0835. The Bertz CT molecular complexity index is 874. The second-order valence-electron chi connectivity index (χ2n) is 7.17. The normalized spacial score (nSPS) is 18.3. The second-order valence-corrected chi connectivity index (χ2v) is 8.17. The molecule has 0 bridgehead atoms. The number of hydrogen-bond donors (Lipinski definition) is 0. The zero-order valence-electron chi connectivity index (χ0n) is 15.0. The first-order valence-electron chi connectivity index (χ1n) is 9.14. The lowest BCUT2D eigenvalue weighted by atomic mass is 9.94. The van der Waals surface area contributed by atoms with Crippen LogP contribution in [-0.4, -0.2) is 35.4 Å². The molecule has 2 aromatic rings. The van der Waals surface area contributed by atoms with E-state index in [2.05, 4.69) is 11.1 Å². The molecule has 4 rings (SSSR count). The molecule has 0 aromatic carbocycles. The summed E-state index contributed by atoms with van der Waals surface area (Å²) in [6.07, 6.45) is -2.02. The van der Waals surface area contributed by atoms with Gasteiger partial charge in [-0.15, -0.1) is 11.3 Å². The van der Waals surface area contributed by atoms with Crippen LogP contribution in [0.4, 0.5) is 23.4 Å². The number of nitrogens with zero attached hydrogens (tertiary/aromatic N) is 3. The van der Waals surface area contributed by atoms with Crippen LogP contribution < -0.4 is 4.90 Å². The number of carbonyl (C=O) groups is 1. The molecule has 4 heterocycles. The van der Waals surface area contributed by atoms with Gasteiger partial charge in [0.25, 0.3) is 0 Å². The molecule has 2 aromatic heterocycles. The maximum absolute atomic E-state index is 14.1. The van der Waals surface area contributed by atoms with E-state index in [1.54, 1.807) is 16.2 Å². The summed E-state index contributed by atoms with van der Waals surface area (Å²) in [6, 6.07) is 2.53. The quantitative estimate of drug-likeness (QED) is 0.696. The molecule has 0 spiro atoms. The predicted octanol–water partition coefficient (Wildman–Crippen LogP) is 4.10. The summed E-state index contributed by atoms with van der Waals surface area (Å²) in [7, 11) is 0. The first-order valence-corrected chi connectivity index (χ1v) is 10.0. The van der Waals surface area contributed by atoms with Crippen molar-refractivity contribution in [3.63, 3.8) is 0 Å². The third kappa shape index (κ3) is 3.72. The Kier molecular flexibility index (Phi) is 5.03. The van der Waals surface area contributed by atoms with Crippen LogP contribution in [0.2, 0.25) is 0 Å². The number of alkyl halides is 3. The number of piperidine rings is 1. The van der Waals surface area contributed by atoms with Crippen molar-refractivity contribution >= 4 is 23.1 Å². The number of thiophene rings is 1. The Morgan fingerprint density at radius 2 is 1.96 bits per heavy atom. The fraction of sp³-hybridized carbons (Fsp3) is 0.474. The van der Waals surface area contributed by atoms with Crippen LogP contribution in [0.5, 0.6) is 0 Å². The van der Waals surface area contributed by atoms with E-state index in [4.69, 9.17) is 0 Å². The van der Waals surface area contributed by atoms with Gasteiger partial charge in [-0.25, -0.2) is 9.37 Å². The van der Waals surface area contributed by atoms with E-state index < -0.39 is 17.6 Å². The van der Waals surface area contributed by atoms with Crippen molar-refractivity contribution in [3.05, 3.63) is 45.5 Å². The molecule has 0 radical (unpaired) electrons. The third-order valence-corrected chi connectivity index (χ3v) is 6.44. The lowest BCUT2D eigenvalue weighted by Crippen LogP contribution is -2.44. The first-order chi connectivity index (χ1) is 13.3. The van der Waals surface area contributed by atoms with Crippen LogP contribution in [0.25, 0.3) is 0 Å². The van der Waals surface area contributed by atoms with Crippen LogP contribution in [-0.2, 0) is 23.9 Å². The van der Waals surface area contributed by atoms with Crippen LogP contribution in [0, 0.1) is 11.7 Å². The zero-order valence-corrected chi connectivity index (χ0v) is 15.8. The van der Waals surface area contributed by atoms with Crippen molar-refractivity contribution in [2.45, 2.75) is 32.0 Å². The van der Waals surface area contributed by atoms with E-state index in [0.717, 1.165) is 6.42 Å². The Hall–Kier alpha value is -2.16. The molecular weight excluding hydrogens is 394 g/mol. The van der Waals surface area contributed by atoms with Gasteiger partial charge < -0.3 is 9.80 Å². The summed E-state index contributed by atoms with van der Waals surface area (Å²) in [4.78, 5) is 21.4.